The number of carbonyl (C=O) groups is 1. The largest absolute Gasteiger partial charge is 0.454 e. The van der Waals surface area contributed by atoms with Crippen LogP contribution in [0, 0.1) is 5.82 Å². The van der Waals surface area contributed by atoms with Gasteiger partial charge in [0.25, 0.3) is 5.91 Å². The van der Waals surface area contributed by atoms with E-state index in [0.717, 1.165) is 11.3 Å². The lowest BCUT2D eigenvalue weighted by Crippen LogP contribution is -2.14. The molecule has 0 aliphatic carbocycles. The highest BCUT2D eigenvalue weighted by Gasteiger charge is 2.13. The Morgan fingerprint density at radius 2 is 1.85 bits per heavy atom. The topological polar surface area (TPSA) is 85.4 Å². The van der Waals surface area contributed by atoms with E-state index in [1.807, 2.05) is 18.2 Å². The molecule has 27 heavy (non-hydrogen) atoms. The van der Waals surface area contributed by atoms with E-state index in [4.69, 9.17) is 9.47 Å². The molecule has 7 nitrogen and oxygen atoms in total. The molecule has 0 unspecified atom stereocenters. The second kappa shape index (κ2) is 7.28. The van der Waals surface area contributed by atoms with E-state index in [2.05, 4.69) is 20.6 Å². The van der Waals surface area contributed by atoms with E-state index in [9.17, 15) is 9.18 Å². The Morgan fingerprint density at radius 1 is 1.04 bits per heavy atom. The lowest BCUT2D eigenvalue weighted by molar-refractivity contribution is 0.102. The van der Waals surface area contributed by atoms with Crippen LogP contribution in [0.15, 0.2) is 54.9 Å². The highest BCUT2D eigenvalue weighted by molar-refractivity contribution is 6.02. The Morgan fingerprint density at radius 3 is 2.63 bits per heavy atom. The average molecular weight is 366 g/mol. The van der Waals surface area contributed by atoms with Gasteiger partial charge in [-0.3, -0.25) is 4.79 Å². The number of amides is 1. The van der Waals surface area contributed by atoms with Crippen molar-refractivity contribution in [1.29, 1.82) is 0 Å². The first-order valence-corrected chi connectivity index (χ1v) is 8.19. The minimum absolute atomic E-state index is 0.160. The van der Waals surface area contributed by atoms with Crippen LogP contribution in [0.1, 0.15) is 16.1 Å². The number of halogens is 1. The van der Waals surface area contributed by atoms with E-state index in [-0.39, 0.29) is 18.3 Å². The third-order valence-corrected chi connectivity index (χ3v) is 3.90. The molecule has 0 atom stereocenters. The number of ether oxygens (including phenoxy) is 2. The monoisotopic (exact) mass is 366 g/mol. The Bertz CT molecular complexity index is 962. The van der Waals surface area contributed by atoms with Crippen LogP contribution in [0.2, 0.25) is 0 Å². The summed E-state index contributed by atoms with van der Waals surface area (Å²) in [5.74, 6) is 1.19. The molecule has 0 radical (unpaired) electrons. The van der Waals surface area contributed by atoms with Gasteiger partial charge in [-0.05, 0) is 42.0 Å². The zero-order chi connectivity index (χ0) is 18.6. The van der Waals surface area contributed by atoms with Crippen molar-refractivity contribution < 1.29 is 18.7 Å². The summed E-state index contributed by atoms with van der Waals surface area (Å²) in [5, 5.41) is 5.76. The number of nitrogens with zero attached hydrogens (tertiary/aromatic N) is 2. The maximum atomic E-state index is 12.9. The lowest BCUT2D eigenvalue weighted by atomic mass is 10.2. The molecule has 0 saturated heterocycles. The minimum atomic E-state index is -0.420. The van der Waals surface area contributed by atoms with Gasteiger partial charge >= 0.3 is 0 Å². The average Bonchev–Trinajstić information content (AvgIpc) is 3.16. The quantitative estimate of drug-likeness (QED) is 0.721. The number of benzene rings is 2. The molecule has 2 N–H and O–H groups in total. The van der Waals surface area contributed by atoms with Gasteiger partial charge in [-0.25, -0.2) is 14.4 Å². The van der Waals surface area contributed by atoms with Crippen molar-refractivity contribution in [3.63, 3.8) is 0 Å². The lowest BCUT2D eigenvalue weighted by Gasteiger charge is -2.07. The third-order valence-electron chi connectivity index (χ3n) is 3.90. The summed E-state index contributed by atoms with van der Waals surface area (Å²) in [6, 6.07) is 11.2. The number of hydrogen-bond donors (Lipinski definition) is 2. The molecule has 0 fully saturated rings. The highest BCUT2D eigenvalue weighted by atomic mass is 19.1. The summed E-state index contributed by atoms with van der Waals surface area (Å²) in [7, 11) is 0. The van der Waals surface area contributed by atoms with Gasteiger partial charge in [0.15, 0.2) is 11.5 Å². The number of carbonyl (C=O) groups excluding carboxylic acids is 1. The SMILES string of the molecule is O=C(Nc1ccc(F)cc1)c1cnc(NCc2ccc3c(c2)OCO3)cn1. The molecular weight excluding hydrogens is 351 g/mol. The summed E-state index contributed by atoms with van der Waals surface area (Å²) in [5.41, 5.74) is 1.64. The fraction of sp³-hybridized carbons (Fsp3) is 0.105. The smallest absolute Gasteiger partial charge is 0.275 e. The van der Waals surface area contributed by atoms with Gasteiger partial charge in [-0.2, -0.15) is 0 Å². The molecule has 1 aliphatic rings. The van der Waals surface area contributed by atoms with Crippen LogP contribution in [-0.4, -0.2) is 22.7 Å². The van der Waals surface area contributed by atoms with Crippen LogP contribution in [0.4, 0.5) is 15.9 Å². The predicted molar refractivity (Wildman–Crippen MR) is 96.3 cm³/mol. The van der Waals surface area contributed by atoms with Gasteiger partial charge in [-0.1, -0.05) is 6.07 Å². The Kier molecular flexibility index (Phi) is 4.52. The molecule has 1 aliphatic heterocycles. The van der Waals surface area contributed by atoms with Crippen molar-refractivity contribution in [3.8, 4) is 11.5 Å². The second-order valence-electron chi connectivity index (χ2n) is 5.79. The van der Waals surface area contributed by atoms with E-state index in [1.54, 1.807) is 0 Å². The standard InChI is InChI=1S/C19H15FN4O3/c20-13-2-4-14(5-3-13)24-19(25)15-9-23-18(10-21-15)22-8-12-1-6-16-17(7-12)27-11-26-16/h1-7,9-10H,8,11H2,(H,22,23)(H,24,25). The maximum absolute atomic E-state index is 12.9. The van der Waals surface area contributed by atoms with Crippen LogP contribution >= 0.6 is 0 Å². The molecule has 8 heteroatoms. The summed E-state index contributed by atoms with van der Waals surface area (Å²) in [6.07, 6.45) is 2.85. The van der Waals surface area contributed by atoms with Crippen molar-refractivity contribution in [2.45, 2.75) is 6.54 Å². The summed E-state index contributed by atoms with van der Waals surface area (Å²) >= 11 is 0. The van der Waals surface area contributed by atoms with Crippen molar-refractivity contribution in [1.82, 2.24) is 9.97 Å². The van der Waals surface area contributed by atoms with E-state index in [0.29, 0.717) is 23.8 Å². The van der Waals surface area contributed by atoms with Gasteiger partial charge < -0.3 is 20.1 Å². The number of nitrogens with one attached hydrogen (secondary N) is 2. The van der Waals surface area contributed by atoms with E-state index in [1.165, 1.54) is 36.7 Å². The Balaban J connectivity index is 1.35. The predicted octanol–water partition coefficient (Wildman–Crippen LogP) is 3.21. The number of anilines is 2. The van der Waals surface area contributed by atoms with E-state index < -0.39 is 5.91 Å². The second-order valence-corrected chi connectivity index (χ2v) is 5.79. The van der Waals surface area contributed by atoms with Gasteiger partial charge in [0.05, 0.1) is 12.4 Å². The van der Waals surface area contributed by atoms with E-state index >= 15 is 0 Å². The minimum Gasteiger partial charge on any atom is -0.454 e. The van der Waals surface area contributed by atoms with Crippen LogP contribution in [0.25, 0.3) is 0 Å². The molecule has 1 amide bonds. The molecule has 136 valence electrons. The van der Waals surface area contributed by atoms with Gasteiger partial charge in [0, 0.05) is 12.2 Å². The fourth-order valence-electron chi connectivity index (χ4n) is 2.51. The molecule has 3 aromatic rings. The summed E-state index contributed by atoms with van der Waals surface area (Å²) in [6.45, 7) is 0.756. The number of aromatic nitrogens is 2. The van der Waals surface area contributed by atoms with Crippen LogP contribution in [0.5, 0.6) is 11.5 Å². The van der Waals surface area contributed by atoms with Crippen LogP contribution in [0.3, 0.4) is 0 Å². The molecule has 1 aromatic heterocycles. The Labute approximate surface area is 154 Å². The molecule has 4 rings (SSSR count). The zero-order valence-corrected chi connectivity index (χ0v) is 14.1. The molecule has 2 heterocycles. The molecule has 0 saturated carbocycles. The van der Waals surface area contributed by atoms with Crippen LogP contribution < -0.4 is 20.1 Å². The maximum Gasteiger partial charge on any atom is 0.275 e. The van der Waals surface area contributed by atoms with Gasteiger partial charge in [0.1, 0.15) is 17.3 Å². The fourth-order valence-corrected chi connectivity index (χ4v) is 2.51. The number of hydrogen-bond acceptors (Lipinski definition) is 6. The normalized spacial score (nSPS) is 11.9. The summed E-state index contributed by atoms with van der Waals surface area (Å²) in [4.78, 5) is 20.4. The van der Waals surface area contributed by atoms with Crippen molar-refractivity contribution in [3.05, 3.63) is 71.9 Å². The molecule has 0 spiro atoms. The highest BCUT2D eigenvalue weighted by Crippen LogP contribution is 2.32. The van der Waals surface area contributed by atoms with Crippen molar-refractivity contribution in [2.24, 2.45) is 0 Å². The first-order valence-electron chi connectivity index (χ1n) is 8.19. The van der Waals surface area contributed by atoms with Crippen molar-refractivity contribution in [2.75, 3.05) is 17.4 Å². The zero-order valence-electron chi connectivity index (χ0n) is 14.1. The van der Waals surface area contributed by atoms with Crippen molar-refractivity contribution >= 4 is 17.4 Å². The van der Waals surface area contributed by atoms with Crippen LogP contribution in [-0.2, 0) is 6.54 Å². The molecular formula is C19H15FN4O3. The number of rotatable bonds is 5. The van der Waals surface area contributed by atoms with Gasteiger partial charge in [-0.15, -0.1) is 0 Å². The number of fused-ring (bicyclic) bond motifs is 1. The van der Waals surface area contributed by atoms with Gasteiger partial charge in [0.2, 0.25) is 6.79 Å². The first kappa shape index (κ1) is 16.8. The first-order chi connectivity index (χ1) is 13.2. The molecule has 0 bridgehead atoms. The molecule has 2 aromatic carbocycles. The Hall–Kier alpha value is -3.68. The third kappa shape index (κ3) is 3.95. The summed E-state index contributed by atoms with van der Waals surface area (Å²) < 4.78 is 23.5.